The van der Waals surface area contributed by atoms with E-state index in [1.807, 2.05) is 0 Å². The van der Waals surface area contributed by atoms with Crippen LogP contribution in [0, 0.1) is 17.5 Å². The minimum atomic E-state index is -1.11. The lowest BCUT2D eigenvalue weighted by Crippen LogP contribution is -2.21. The number of halogens is 4. The zero-order chi connectivity index (χ0) is 15.4. The van der Waals surface area contributed by atoms with Gasteiger partial charge in [0.05, 0.1) is 11.1 Å². The number of hydrogen-bond acceptors (Lipinski definition) is 2. The molecule has 0 saturated heterocycles. The Bertz CT molecular complexity index is 636. The Morgan fingerprint density at radius 3 is 2.48 bits per heavy atom. The van der Waals surface area contributed by atoms with E-state index in [1.165, 1.54) is 18.2 Å². The molecule has 0 fully saturated rings. The Morgan fingerprint density at radius 2 is 1.81 bits per heavy atom. The molecule has 2 aromatic carbocycles. The maximum atomic E-state index is 13.5. The van der Waals surface area contributed by atoms with Crippen molar-refractivity contribution in [2.75, 3.05) is 6.54 Å². The molecule has 1 unspecified atom stereocenters. The van der Waals surface area contributed by atoms with Crippen LogP contribution in [0.25, 0.3) is 0 Å². The molecule has 0 amide bonds. The van der Waals surface area contributed by atoms with Crippen molar-refractivity contribution in [2.24, 2.45) is 0 Å². The molecule has 0 aliphatic heterocycles. The zero-order valence-electron chi connectivity index (χ0n) is 10.9. The van der Waals surface area contributed by atoms with Crippen LogP contribution < -0.4 is 5.32 Å². The molecular weight excluding hydrogens is 303 g/mol. The van der Waals surface area contributed by atoms with Gasteiger partial charge in [-0.3, -0.25) is 0 Å². The lowest BCUT2D eigenvalue weighted by Gasteiger charge is -2.13. The van der Waals surface area contributed by atoms with Crippen LogP contribution in [0.5, 0.6) is 0 Å². The molecule has 1 atom stereocenters. The normalized spacial score (nSPS) is 12.4. The molecule has 2 N–H and O–H groups in total. The van der Waals surface area contributed by atoms with Gasteiger partial charge in [-0.2, -0.15) is 0 Å². The number of benzene rings is 2. The summed E-state index contributed by atoms with van der Waals surface area (Å²) in [6.07, 6.45) is -1.11. The highest BCUT2D eigenvalue weighted by molar-refractivity contribution is 6.30. The van der Waals surface area contributed by atoms with Gasteiger partial charge >= 0.3 is 0 Å². The number of hydrogen-bond donors (Lipinski definition) is 2. The number of nitrogens with one attached hydrogen (secondary N) is 1. The van der Waals surface area contributed by atoms with Gasteiger partial charge < -0.3 is 10.4 Å². The van der Waals surface area contributed by atoms with Crippen LogP contribution in [0.4, 0.5) is 13.2 Å². The van der Waals surface area contributed by atoms with Gasteiger partial charge in [0.15, 0.2) is 0 Å². The number of aliphatic hydroxyl groups is 1. The lowest BCUT2D eigenvalue weighted by atomic mass is 10.1. The summed E-state index contributed by atoms with van der Waals surface area (Å²) in [6, 6.07) is 7.27. The number of rotatable bonds is 5. The van der Waals surface area contributed by atoms with Crippen LogP contribution >= 0.6 is 11.6 Å². The highest BCUT2D eigenvalue weighted by atomic mass is 35.5. The second-order valence-electron chi connectivity index (χ2n) is 4.56. The summed E-state index contributed by atoms with van der Waals surface area (Å²) >= 11 is 5.65. The minimum Gasteiger partial charge on any atom is -0.387 e. The summed E-state index contributed by atoms with van der Waals surface area (Å²) < 4.78 is 39.2. The molecule has 0 aliphatic carbocycles. The van der Waals surface area contributed by atoms with Gasteiger partial charge in [-0.25, -0.2) is 13.2 Å². The Morgan fingerprint density at radius 1 is 1.05 bits per heavy atom. The van der Waals surface area contributed by atoms with Gasteiger partial charge in [0.1, 0.15) is 17.5 Å². The fourth-order valence-electron chi connectivity index (χ4n) is 1.88. The van der Waals surface area contributed by atoms with Gasteiger partial charge in [0.2, 0.25) is 0 Å². The second kappa shape index (κ2) is 6.93. The van der Waals surface area contributed by atoms with Gasteiger partial charge in [-0.05, 0) is 23.8 Å². The van der Waals surface area contributed by atoms with E-state index >= 15 is 0 Å². The maximum Gasteiger partial charge on any atom is 0.141 e. The van der Waals surface area contributed by atoms with Crippen LogP contribution in [-0.2, 0) is 6.54 Å². The van der Waals surface area contributed by atoms with Gasteiger partial charge in [-0.15, -0.1) is 0 Å². The van der Waals surface area contributed by atoms with Gasteiger partial charge in [-0.1, -0.05) is 23.7 Å². The molecule has 0 heterocycles. The Balaban J connectivity index is 1.92. The first-order valence-electron chi connectivity index (χ1n) is 6.25. The third-order valence-electron chi connectivity index (χ3n) is 2.97. The SMILES string of the molecule is OC(CNCc1ccc(F)c(Cl)c1)c1ccc(F)cc1F. The van der Waals surface area contributed by atoms with E-state index in [1.54, 1.807) is 6.07 Å². The fourth-order valence-corrected chi connectivity index (χ4v) is 2.09. The molecule has 0 radical (unpaired) electrons. The van der Waals surface area contributed by atoms with Crippen LogP contribution in [0.3, 0.4) is 0 Å². The standard InChI is InChI=1S/C15H13ClF3NO/c16-12-5-9(1-4-13(12)18)7-20-8-15(21)11-3-2-10(17)6-14(11)19/h1-6,15,20-21H,7-8H2. The van der Waals surface area contributed by atoms with Crippen molar-refractivity contribution in [1.82, 2.24) is 5.32 Å². The van der Waals surface area contributed by atoms with E-state index in [2.05, 4.69) is 5.32 Å². The molecule has 0 aliphatic rings. The van der Waals surface area contributed by atoms with Crippen LogP contribution in [-0.4, -0.2) is 11.7 Å². The van der Waals surface area contributed by atoms with E-state index < -0.39 is 23.6 Å². The maximum absolute atomic E-state index is 13.5. The summed E-state index contributed by atoms with van der Waals surface area (Å²) in [4.78, 5) is 0. The molecule has 6 heteroatoms. The largest absolute Gasteiger partial charge is 0.387 e. The summed E-state index contributed by atoms with van der Waals surface area (Å²) in [6.45, 7) is 0.400. The molecule has 112 valence electrons. The third-order valence-corrected chi connectivity index (χ3v) is 3.26. The Labute approximate surface area is 125 Å². The van der Waals surface area contributed by atoms with Crippen molar-refractivity contribution in [1.29, 1.82) is 0 Å². The van der Waals surface area contributed by atoms with Crippen LogP contribution in [0.2, 0.25) is 5.02 Å². The first kappa shape index (κ1) is 15.8. The molecular formula is C15H13ClF3NO. The average molecular weight is 316 g/mol. The zero-order valence-corrected chi connectivity index (χ0v) is 11.7. The van der Waals surface area contributed by atoms with E-state index in [0.29, 0.717) is 6.54 Å². The first-order valence-corrected chi connectivity index (χ1v) is 6.63. The molecule has 21 heavy (non-hydrogen) atoms. The summed E-state index contributed by atoms with van der Waals surface area (Å²) in [5, 5.41) is 12.8. The average Bonchev–Trinajstić information content (AvgIpc) is 2.42. The van der Waals surface area contributed by atoms with Crippen molar-refractivity contribution < 1.29 is 18.3 Å². The predicted molar refractivity (Wildman–Crippen MR) is 74.4 cm³/mol. The third kappa shape index (κ3) is 4.20. The van der Waals surface area contributed by atoms with Crippen molar-refractivity contribution in [3.63, 3.8) is 0 Å². The summed E-state index contributed by atoms with van der Waals surface area (Å²) in [5.41, 5.74) is 0.745. The van der Waals surface area contributed by atoms with Crippen LogP contribution in [0.1, 0.15) is 17.2 Å². The fraction of sp³-hybridized carbons (Fsp3) is 0.200. The summed E-state index contributed by atoms with van der Waals surface area (Å²) in [5.74, 6) is -2.00. The molecule has 0 bridgehead atoms. The lowest BCUT2D eigenvalue weighted by molar-refractivity contribution is 0.169. The van der Waals surface area contributed by atoms with Crippen molar-refractivity contribution in [3.8, 4) is 0 Å². The van der Waals surface area contributed by atoms with Crippen molar-refractivity contribution in [3.05, 3.63) is 70.0 Å². The Hall–Kier alpha value is -1.56. The second-order valence-corrected chi connectivity index (χ2v) is 4.97. The van der Waals surface area contributed by atoms with E-state index in [-0.39, 0.29) is 17.1 Å². The van der Waals surface area contributed by atoms with E-state index in [4.69, 9.17) is 11.6 Å². The van der Waals surface area contributed by atoms with Crippen molar-refractivity contribution in [2.45, 2.75) is 12.6 Å². The van der Waals surface area contributed by atoms with E-state index in [9.17, 15) is 18.3 Å². The smallest absolute Gasteiger partial charge is 0.141 e. The van der Waals surface area contributed by atoms with Crippen molar-refractivity contribution >= 4 is 11.6 Å². The molecule has 0 saturated carbocycles. The number of aliphatic hydroxyl groups excluding tert-OH is 1. The molecule has 2 nitrogen and oxygen atoms in total. The topological polar surface area (TPSA) is 32.3 Å². The molecule has 2 aromatic rings. The van der Waals surface area contributed by atoms with Crippen LogP contribution in [0.15, 0.2) is 36.4 Å². The first-order chi connectivity index (χ1) is 9.97. The molecule has 2 rings (SSSR count). The summed E-state index contributed by atoms with van der Waals surface area (Å²) in [7, 11) is 0. The quantitative estimate of drug-likeness (QED) is 0.884. The van der Waals surface area contributed by atoms with E-state index in [0.717, 1.165) is 17.7 Å². The minimum absolute atomic E-state index is 0.0134. The predicted octanol–water partition coefficient (Wildman–Crippen LogP) is 3.58. The monoisotopic (exact) mass is 315 g/mol. The highest BCUT2D eigenvalue weighted by Gasteiger charge is 2.13. The van der Waals surface area contributed by atoms with Gasteiger partial charge in [0.25, 0.3) is 0 Å². The Kier molecular flexibility index (Phi) is 5.22. The highest BCUT2D eigenvalue weighted by Crippen LogP contribution is 2.18. The molecule has 0 aromatic heterocycles. The van der Waals surface area contributed by atoms with Gasteiger partial charge in [0, 0.05) is 24.7 Å². The molecule has 0 spiro atoms.